The molecule has 0 bridgehead atoms. The zero-order valence-corrected chi connectivity index (χ0v) is 12.1. The lowest BCUT2D eigenvalue weighted by Crippen LogP contribution is -2.38. The maximum Gasteiger partial charge on any atom is 0.320 e. The van der Waals surface area contributed by atoms with E-state index in [0.717, 1.165) is 6.42 Å². The molecule has 0 aliphatic rings. The number of hydrogen-bond acceptors (Lipinski definition) is 3. The molecule has 0 saturated heterocycles. The summed E-state index contributed by atoms with van der Waals surface area (Å²) in [6, 6.07) is 6.27. The number of hydrogen-bond donors (Lipinski definition) is 3. The van der Waals surface area contributed by atoms with Gasteiger partial charge in [0.2, 0.25) is 5.91 Å². The van der Waals surface area contributed by atoms with Gasteiger partial charge in [-0.25, -0.2) is 0 Å². The molecule has 1 aromatic rings. The third kappa shape index (κ3) is 6.04. The third-order valence-corrected chi connectivity index (χ3v) is 2.96. The lowest BCUT2D eigenvalue weighted by molar-refractivity contribution is -0.139. The largest absolute Gasteiger partial charge is 0.480 e. The SMILES string of the molecule is CCCC(NCCC(=O)Nc1cccc(Cl)c1)C(=O)O. The minimum atomic E-state index is -0.887. The molecule has 20 heavy (non-hydrogen) atoms. The highest BCUT2D eigenvalue weighted by atomic mass is 35.5. The topological polar surface area (TPSA) is 78.4 Å². The summed E-state index contributed by atoms with van der Waals surface area (Å²) in [5.41, 5.74) is 0.630. The Bertz CT molecular complexity index is 465. The van der Waals surface area contributed by atoms with Gasteiger partial charge in [0.15, 0.2) is 0 Å². The van der Waals surface area contributed by atoms with Crippen LogP contribution in [0.5, 0.6) is 0 Å². The molecule has 1 amide bonds. The van der Waals surface area contributed by atoms with Gasteiger partial charge in [0, 0.05) is 23.7 Å². The predicted octanol–water partition coefficient (Wildman–Crippen LogP) is 2.51. The summed E-state index contributed by atoms with van der Waals surface area (Å²) in [7, 11) is 0. The van der Waals surface area contributed by atoms with Gasteiger partial charge < -0.3 is 15.7 Å². The van der Waals surface area contributed by atoms with Crippen molar-refractivity contribution in [3.05, 3.63) is 29.3 Å². The molecule has 1 atom stereocenters. The van der Waals surface area contributed by atoms with Crippen molar-refractivity contribution in [1.82, 2.24) is 5.32 Å². The fourth-order valence-corrected chi connectivity index (χ4v) is 1.94. The van der Waals surface area contributed by atoms with E-state index in [1.807, 2.05) is 6.92 Å². The number of halogens is 1. The Morgan fingerprint density at radius 2 is 2.15 bits per heavy atom. The number of anilines is 1. The number of carbonyl (C=O) groups excluding carboxylic acids is 1. The van der Waals surface area contributed by atoms with E-state index in [4.69, 9.17) is 16.7 Å². The van der Waals surface area contributed by atoms with Crippen LogP contribution in [0.3, 0.4) is 0 Å². The summed E-state index contributed by atoms with van der Waals surface area (Å²) >= 11 is 5.81. The molecule has 0 radical (unpaired) electrons. The van der Waals surface area contributed by atoms with Gasteiger partial charge in [0.25, 0.3) is 0 Å². The van der Waals surface area contributed by atoms with Gasteiger partial charge in [0.05, 0.1) is 0 Å². The molecule has 3 N–H and O–H groups in total. The quantitative estimate of drug-likeness (QED) is 0.689. The molecular weight excluding hydrogens is 280 g/mol. The highest BCUT2D eigenvalue weighted by Gasteiger charge is 2.15. The van der Waals surface area contributed by atoms with Gasteiger partial charge in [-0.05, 0) is 24.6 Å². The van der Waals surface area contributed by atoms with Gasteiger partial charge in [-0.15, -0.1) is 0 Å². The van der Waals surface area contributed by atoms with Crippen LogP contribution in [0.1, 0.15) is 26.2 Å². The van der Waals surface area contributed by atoms with Gasteiger partial charge >= 0.3 is 5.97 Å². The minimum absolute atomic E-state index is 0.180. The Labute approximate surface area is 123 Å². The van der Waals surface area contributed by atoms with Crippen molar-refractivity contribution >= 4 is 29.2 Å². The first-order chi connectivity index (χ1) is 9.52. The molecule has 0 aromatic heterocycles. The molecule has 5 nitrogen and oxygen atoms in total. The smallest absolute Gasteiger partial charge is 0.320 e. The van der Waals surface area contributed by atoms with Crippen LogP contribution in [0.4, 0.5) is 5.69 Å². The highest BCUT2D eigenvalue weighted by molar-refractivity contribution is 6.30. The Morgan fingerprint density at radius 1 is 1.40 bits per heavy atom. The van der Waals surface area contributed by atoms with Gasteiger partial charge in [0.1, 0.15) is 6.04 Å². The number of carbonyl (C=O) groups is 2. The number of amides is 1. The molecule has 0 aliphatic carbocycles. The van der Waals surface area contributed by atoms with Crippen LogP contribution >= 0.6 is 11.6 Å². The van der Waals surface area contributed by atoms with Crippen molar-refractivity contribution in [2.75, 3.05) is 11.9 Å². The van der Waals surface area contributed by atoms with Crippen molar-refractivity contribution in [3.8, 4) is 0 Å². The Hall–Kier alpha value is -1.59. The fourth-order valence-electron chi connectivity index (χ4n) is 1.75. The molecule has 1 aromatic carbocycles. The van der Waals surface area contributed by atoms with Crippen molar-refractivity contribution in [2.45, 2.75) is 32.2 Å². The Balaban J connectivity index is 2.34. The molecular formula is C14H19ClN2O3. The van der Waals surface area contributed by atoms with E-state index in [-0.39, 0.29) is 12.3 Å². The van der Waals surface area contributed by atoms with E-state index in [2.05, 4.69) is 10.6 Å². The highest BCUT2D eigenvalue weighted by Crippen LogP contribution is 2.14. The lowest BCUT2D eigenvalue weighted by Gasteiger charge is -2.13. The fraction of sp³-hybridized carbons (Fsp3) is 0.429. The molecule has 110 valence electrons. The summed E-state index contributed by atoms with van der Waals surface area (Å²) in [4.78, 5) is 22.6. The van der Waals surface area contributed by atoms with Crippen LogP contribution < -0.4 is 10.6 Å². The van der Waals surface area contributed by atoms with Crippen molar-refractivity contribution in [2.24, 2.45) is 0 Å². The predicted molar refractivity (Wildman–Crippen MR) is 79.0 cm³/mol. The zero-order chi connectivity index (χ0) is 15.0. The van der Waals surface area contributed by atoms with Gasteiger partial charge in [-0.1, -0.05) is 31.0 Å². The van der Waals surface area contributed by atoms with E-state index in [1.165, 1.54) is 0 Å². The van der Waals surface area contributed by atoms with Crippen LogP contribution in [-0.4, -0.2) is 29.6 Å². The van der Waals surface area contributed by atoms with Crippen molar-refractivity contribution < 1.29 is 14.7 Å². The lowest BCUT2D eigenvalue weighted by atomic mass is 10.1. The summed E-state index contributed by atoms with van der Waals surface area (Å²) in [6.07, 6.45) is 1.53. The third-order valence-electron chi connectivity index (χ3n) is 2.73. The zero-order valence-electron chi connectivity index (χ0n) is 11.4. The van der Waals surface area contributed by atoms with Crippen LogP contribution in [0.25, 0.3) is 0 Å². The summed E-state index contributed by atoms with van der Waals surface area (Å²) in [6.45, 7) is 2.24. The molecule has 0 saturated carbocycles. The summed E-state index contributed by atoms with van der Waals surface area (Å²) < 4.78 is 0. The average molecular weight is 299 g/mol. The Morgan fingerprint density at radius 3 is 2.75 bits per heavy atom. The van der Waals surface area contributed by atoms with Gasteiger partial charge in [-0.2, -0.15) is 0 Å². The minimum Gasteiger partial charge on any atom is -0.480 e. The Kier molecular flexibility index (Phi) is 7.04. The normalized spacial score (nSPS) is 11.9. The molecule has 0 spiro atoms. The van der Waals surface area contributed by atoms with E-state index < -0.39 is 12.0 Å². The molecule has 0 fully saturated rings. The van der Waals surface area contributed by atoms with E-state index in [0.29, 0.717) is 23.7 Å². The van der Waals surface area contributed by atoms with Crippen LogP contribution in [0, 0.1) is 0 Å². The molecule has 1 rings (SSSR count). The second kappa shape index (κ2) is 8.55. The summed E-state index contributed by atoms with van der Waals surface area (Å²) in [5, 5.41) is 15.1. The molecule has 0 heterocycles. The molecule has 6 heteroatoms. The molecule has 1 unspecified atom stereocenters. The number of carboxylic acids is 1. The number of nitrogens with one attached hydrogen (secondary N) is 2. The standard InChI is InChI=1S/C14H19ClN2O3/c1-2-4-12(14(19)20)16-8-7-13(18)17-11-6-3-5-10(15)9-11/h3,5-6,9,12,16H,2,4,7-8H2,1H3,(H,17,18)(H,19,20). The van der Waals surface area contributed by atoms with Crippen LogP contribution in [0.2, 0.25) is 5.02 Å². The number of aliphatic carboxylic acids is 1. The van der Waals surface area contributed by atoms with E-state index in [1.54, 1.807) is 24.3 Å². The number of benzene rings is 1. The van der Waals surface area contributed by atoms with Crippen molar-refractivity contribution in [1.29, 1.82) is 0 Å². The number of carboxylic acid groups (broad SMARTS) is 1. The van der Waals surface area contributed by atoms with E-state index in [9.17, 15) is 9.59 Å². The maximum absolute atomic E-state index is 11.7. The van der Waals surface area contributed by atoms with Crippen molar-refractivity contribution in [3.63, 3.8) is 0 Å². The van der Waals surface area contributed by atoms with Crippen LogP contribution in [0.15, 0.2) is 24.3 Å². The maximum atomic E-state index is 11.7. The van der Waals surface area contributed by atoms with Crippen LogP contribution in [-0.2, 0) is 9.59 Å². The molecule has 0 aliphatic heterocycles. The first kappa shape index (κ1) is 16.5. The first-order valence-corrected chi connectivity index (χ1v) is 6.92. The van der Waals surface area contributed by atoms with E-state index >= 15 is 0 Å². The second-order valence-corrected chi connectivity index (χ2v) is 4.88. The average Bonchev–Trinajstić information content (AvgIpc) is 2.37. The van der Waals surface area contributed by atoms with Gasteiger partial charge in [-0.3, -0.25) is 9.59 Å². The first-order valence-electron chi connectivity index (χ1n) is 6.54. The summed E-state index contributed by atoms with van der Waals surface area (Å²) in [5.74, 6) is -1.07. The monoisotopic (exact) mass is 298 g/mol. The second-order valence-electron chi connectivity index (χ2n) is 4.44. The number of rotatable bonds is 8.